The van der Waals surface area contributed by atoms with Gasteiger partial charge >= 0.3 is 0 Å². The number of aromatic nitrogens is 1. The molecule has 0 saturated heterocycles. The van der Waals surface area contributed by atoms with Crippen LogP contribution >= 0.6 is 11.9 Å². The average molecular weight is 249 g/mol. The van der Waals surface area contributed by atoms with Crippen LogP contribution in [-0.4, -0.2) is 11.5 Å². The molecule has 0 fully saturated rings. The van der Waals surface area contributed by atoms with E-state index in [4.69, 9.17) is 5.73 Å². The molecule has 0 aliphatic carbocycles. The van der Waals surface area contributed by atoms with Gasteiger partial charge in [0.15, 0.2) is 0 Å². The Morgan fingerprint density at radius 2 is 2.24 bits per heavy atom. The maximum atomic E-state index is 5.63. The lowest BCUT2D eigenvalue weighted by Gasteiger charge is -1.99. The largest absolute Gasteiger partial charge is 0.349 e. The third-order valence-electron chi connectivity index (χ3n) is 2.71. The van der Waals surface area contributed by atoms with E-state index in [9.17, 15) is 0 Å². The standard InChI is InChI=1S/C13H19N3S/c1-2-3-6-15-17-13-8-11-5-4-10(9-14)7-12(11)16-13/h4-5,7-8,15-16H,2-3,6,9,14H2,1H3. The van der Waals surface area contributed by atoms with Gasteiger partial charge in [-0.1, -0.05) is 25.5 Å². The molecule has 2 rings (SSSR count). The zero-order valence-electron chi connectivity index (χ0n) is 10.1. The van der Waals surface area contributed by atoms with Crippen molar-refractivity contribution in [1.82, 2.24) is 9.71 Å². The van der Waals surface area contributed by atoms with Crippen molar-refractivity contribution in [3.05, 3.63) is 29.8 Å². The zero-order valence-corrected chi connectivity index (χ0v) is 10.9. The molecule has 4 heteroatoms. The Hall–Kier alpha value is -0.970. The molecular weight excluding hydrogens is 230 g/mol. The van der Waals surface area contributed by atoms with Crippen LogP contribution in [0.15, 0.2) is 29.3 Å². The SMILES string of the molecule is CCCCNSc1cc2ccc(CN)cc2[nH]1. The van der Waals surface area contributed by atoms with Gasteiger partial charge in [-0.2, -0.15) is 0 Å². The second-order valence-corrected chi connectivity index (χ2v) is 5.04. The highest BCUT2D eigenvalue weighted by molar-refractivity contribution is 7.97. The molecule has 1 aromatic carbocycles. The fraction of sp³-hybridized carbons (Fsp3) is 0.385. The molecule has 92 valence electrons. The van der Waals surface area contributed by atoms with Gasteiger partial charge in [-0.3, -0.25) is 4.72 Å². The van der Waals surface area contributed by atoms with E-state index in [1.165, 1.54) is 18.2 Å². The van der Waals surface area contributed by atoms with E-state index < -0.39 is 0 Å². The first-order chi connectivity index (χ1) is 8.33. The maximum absolute atomic E-state index is 5.63. The smallest absolute Gasteiger partial charge is 0.0885 e. The minimum absolute atomic E-state index is 0.589. The van der Waals surface area contributed by atoms with Crippen molar-refractivity contribution >= 4 is 22.9 Å². The average Bonchev–Trinajstić information content (AvgIpc) is 2.76. The van der Waals surface area contributed by atoms with E-state index in [-0.39, 0.29) is 0 Å². The van der Waals surface area contributed by atoms with Crippen LogP contribution in [0.5, 0.6) is 0 Å². The number of fused-ring (bicyclic) bond motifs is 1. The molecule has 0 spiro atoms. The first-order valence-electron chi connectivity index (χ1n) is 6.05. The van der Waals surface area contributed by atoms with E-state index in [2.05, 4.69) is 40.9 Å². The number of aromatic amines is 1. The van der Waals surface area contributed by atoms with Gasteiger partial charge in [-0.05, 0) is 36.1 Å². The summed E-state index contributed by atoms with van der Waals surface area (Å²) >= 11 is 1.66. The fourth-order valence-corrected chi connectivity index (χ4v) is 2.46. The number of H-pyrrole nitrogens is 1. The molecule has 4 N–H and O–H groups in total. The maximum Gasteiger partial charge on any atom is 0.0885 e. The predicted molar refractivity (Wildman–Crippen MR) is 75.0 cm³/mol. The molecule has 3 nitrogen and oxygen atoms in total. The topological polar surface area (TPSA) is 53.8 Å². The monoisotopic (exact) mass is 249 g/mol. The molecule has 0 saturated carbocycles. The molecule has 1 aromatic heterocycles. The van der Waals surface area contributed by atoms with Crippen LogP contribution in [0.25, 0.3) is 10.9 Å². The van der Waals surface area contributed by atoms with E-state index >= 15 is 0 Å². The third-order valence-corrected chi connectivity index (χ3v) is 3.50. The van der Waals surface area contributed by atoms with Crippen molar-refractivity contribution in [2.24, 2.45) is 5.73 Å². The van der Waals surface area contributed by atoms with Crippen LogP contribution in [0.3, 0.4) is 0 Å². The Labute approximate surface area is 106 Å². The summed E-state index contributed by atoms with van der Waals surface area (Å²) in [5.41, 5.74) is 7.95. The number of nitrogens with two attached hydrogens (primary N) is 1. The Morgan fingerprint density at radius 1 is 1.35 bits per heavy atom. The van der Waals surface area contributed by atoms with Gasteiger partial charge in [0.2, 0.25) is 0 Å². The molecule has 0 bridgehead atoms. The molecule has 0 unspecified atom stereocenters. The van der Waals surface area contributed by atoms with Gasteiger partial charge in [0, 0.05) is 24.0 Å². The van der Waals surface area contributed by atoms with Gasteiger partial charge in [-0.15, -0.1) is 0 Å². The van der Waals surface area contributed by atoms with Crippen LogP contribution < -0.4 is 10.5 Å². The minimum atomic E-state index is 0.589. The van der Waals surface area contributed by atoms with Crippen molar-refractivity contribution in [1.29, 1.82) is 0 Å². The van der Waals surface area contributed by atoms with E-state index in [0.29, 0.717) is 6.54 Å². The van der Waals surface area contributed by atoms with Crippen molar-refractivity contribution < 1.29 is 0 Å². The first-order valence-corrected chi connectivity index (χ1v) is 6.86. The number of benzene rings is 1. The molecule has 0 aliphatic heterocycles. The Balaban J connectivity index is 2.04. The lowest BCUT2D eigenvalue weighted by molar-refractivity contribution is 0.775. The van der Waals surface area contributed by atoms with Crippen LogP contribution in [0.2, 0.25) is 0 Å². The number of nitrogens with one attached hydrogen (secondary N) is 2. The van der Waals surface area contributed by atoms with Crippen LogP contribution in [0, 0.1) is 0 Å². The predicted octanol–water partition coefficient (Wildman–Crippen LogP) is 3.02. The highest BCUT2D eigenvalue weighted by atomic mass is 32.2. The molecule has 2 aromatic rings. The summed E-state index contributed by atoms with van der Waals surface area (Å²) in [6.07, 6.45) is 2.44. The second kappa shape index (κ2) is 6.10. The van der Waals surface area contributed by atoms with E-state index in [1.54, 1.807) is 11.9 Å². The summed E-state index contributed by atoms with van der Waals surface area (Å²) in [6, 6.07) is 8.48. The first kappa shape index (κ1) is 12.5. The summed E-state index contributed by atoms with van der Waals surface area (Å²) in [5.74, 6) is 0. The lowest BCUT2D eigenvalue weighted by atomic mass is 10.2. The summed E-state index contributed by atoms with van der Waals surface area (Å²) in [7, 11) is 0. The summed E-state index contributed by atoms with van der Waals surface area (Å²) in [6.45, 7) is 3.83. The Morgan fingerprint density at radius 3 is 3.00 bits per heavy atom. The van der Waals surface area contributed by atoms with Gasteiger partial charge in [0.1, 0.15) is 0 Å². The lowest BCUT2D eigenvalue weighted by Crippen LogP contribution is -2.04. The van der Waals surface area contributed by atoms with E-state index in [1.807, 2.05) is 0 Å². The van der Waals surface area contributed by atoms with Crippen molar-refractivity contribution in [3.63, 3.8) is 0 Å². The molecule has 0 radical (unpaired) electrons. The molecular formula is C13H19N3S. The van der Waals surface area contributed by atoms with E-state index in [0.717, 1.165) is 22.7 Å². The molecule has 0 amide bonds. The Kier molecular flexibility index (Phi) is 4.48. The quantitative estimate of drug-likeness (QED) is 0.545. The van der Waals surface area contributed by atoms with Gasteiger partial charge < -0.3 is 10.7 Å². The molecule has 0 aliphatic rings. The van der Waals surface area contributed by atoms with Crippen LogP contribution in [-0.2, 0) is 6.54 Å². The van der Waals surface area contributed by atoms with Crippen LogP contribution in [0.4, 0.5) is 0 Å². The Bertz CT molecular complexity index is 478. The van der Waals surface area contributed by atoms with Gasteiger partial charge in [-0.25, -0.2) is 0 Å². The van der Waals surface area contributed by atoms with Crippen molar-refractivity contribution in [3.8, 4) is 0 Å². The van der Waals surface area contributed by atoms with Crippen LogP contribution in [0.1, 0.15) is 25.3 Å². The number of unbranched alkanes of at least 4 members (excludes halogenated alkanes) is 1. The molecule has 0 atom stereocenters. The molecule has 1 heterocycles. The zero-order chi connectivity index (χ0) is 12.1. The third kappa shape index (κ3) is 3.25. The number of hydrogen-bond acceptors (Lipinski definition) is 3. The highest BCUT2D eigenvalue weighted by Crippen LogP contribution is 2.22. The normalized spacial score (nSPS) is 11.2. The fourth-order valence-electron chi connectivity index (χ4n) is 1.71. The summed E-state index contributed by atoms with van der Waals surface area (Å²) in [5, 5.41) is 2.40. The minimum Gasteiger partial charge on any atom is -0.349 e. The van der Waals surface area contributed by atoms with Crippen molar-refractivity contribution in [2.75, 3.05) is 6.54 Å². The second-order valence-electron chi connectivity index (χ2n) is 4.11. The van der Waals surface area contributed by atoms with Gasteiger partial charge in [0.05, 0.1) is 5.03 Å². The number of rotatable bonds is 6. The summed E-state index contributed by atoms with van der Waals surface area (Å²) in [4.78, 5) is 3.39. The summed E-state index contributed by atoms with van der Waals surface area (Å²) < 4.78 is 3.35. The van der Waals surface area contributed by atoms with Gasteiger partial charge in [0.25, 0.3) is 0 Å². The van der Waals surface area contributed by atoms with Crippen molar-refractivity contribution in [2.45, 2.75) is 31.3 Å². The number of hydrogen-bond donors (Lipinski definition) is 3. The highest BCUT2D eigenvalue weighted by Gasteiger charge is 2.01. The molecule has 17 heavy (non-hydrogen) atoms.